The smallest absolute Gasteiger partial charge is 0.243 e. The number of carbonyl (C=O) groups excluding carboxylic acids is 2. The largest absolute Gasteiger partial charge is 0.391 e. The summed E-state index contributed by atoms with van der Waals surface area (Å²) in [5, 5.41) is 16.4. The van der Waals surface area contributed by atoms with Crippen LogP contribution in [0.15, 0.2) is 30.5 Å². The van der Waals surface area contributed by atoms with E-state index >= 15 is 0 Å². The van der Waals surface area contributed by atoms with Crippen LogP contribution >= 0.6 is 0 Å². The molecule has 26 heavy (non-hydrogen) atoms. The van der Waals surface area contributed by atoms with Crippen molar-refractivity contribution in [2.45, 2.75) is 31.5 Å². The van der Waals surface area contributed by atoms with Crippen LogP contribution in [-0.4, -0.2) is 50.8 Å². The number of aliphatic hydroxyl groups is 1. The first-order valence-corrected chi connectivity index (χ1v) is 8.38. The molecular formula is C18H21FN4O3. The van der Waals surface area contributed by atoms with Crippen LogP contribution < -0.4 is 5.32 Å². The van der Waals surface area contributed by atoms with Crippen LogP contribution in [0, 0.1) is 5.82 Å². The van der Waals surface area contributed by atoms with E-state index in [-0.39, 0.29) is 24.9 Å². The second-order valence-electron chi connectivity index (χ2n) is 6.52. The Hall–Kier alpha value is -2.74. The number of hydrogen-bond acceptors (Lipinski definition) is 4. The number of β-amino-alcohol motifs (C(OH)–C–C–N with tert-alkyl or cyclic N) is 1. The number of nitrogens with zero attached hydrogens (tertiary/aromatic N) is 3. The highest BCUT2D eigenvalue weighted by molar-refractivity contribution is 5.84. The predicted molar refractivity (Wildman–Crippen MR) is 92.3 cm³/mol. The van der Waals surface area contributed by atoms with E-state index in [2.05, 4.69) is 10.4 Å². The molecule has 3 rings (SSSR count). The second kappa shape index (κ2) is 7.25. The van der Waals surface area contributed by atoms with E-state index in [0.29, 0.717) is 17.7 Å². The third-order valence-electron chi connectivity index (χ3n) is 4.69. The van der Waals surface area contributed by atoms with Crippen LogP contribution in [0.3, 0.4) is 0 Å². The summed E-state index contributed by atoms with van der Waals surface area (Å²) in [4.78, 5) is 24.7. The molecule has 1 fully saturated rings. The number of aliphatic hydroxyl groups excluding tert-OH is 1. The van der Waals surface area contributed by atoms with Crippen molar-refractivity contribution in [2.75, 3.05) is 6.54 Å². The van der Waals surface area contributed by atoms with Crippen LogP contribution in [-0.2, 0) is 16.6 Å². The number of benzene rings is 1. The van der Waals surface area contributed by atoms with E-state index < -0.39 is 18.0 Å². The molecule has 0 aliphatic carbocycles. The zero-order valence-electron chi connectivity index (χ0n) is 14.6. The molecule has 0 unspecified atom stereocenters. The molecule has 0 bridgehead atoms. The number of amides is 2. The Kier molecular flexibility index (Phi) is 5.03. The first-order chi connectivity index (χ1) is 12.4. The molecule has 1 aromatic heterocycles. The zero-order valence-corrected chi connectivity index (χ0v) is 14.6. The number of aryl methyl sites for hydroxylation is 1. The predicted octanol–water partition coefficient (Wildman–Crippen LogP) is 0.995. The fraction of sp³-hybridized carbons (Fsp3) is 0.389. The van der Waals surface area contributed by atoms with Gasteiger partial charge in [-0.15, -0.1) is 0 Å². The van der Waals surface area contributed by atoms with E-state index in [0.717, 1.165) is 5.56 Å². The standard InChI is InChI=1S/C18H21FN4O3/c1-11(21-18(26)16-7-14(25)9-23(16)10-24)12-3-5-13(6-4-12)17-15(19)8-20-22(17)2/h3-6,8,10-11,14,16,25H,7,9H2,1-2H3,(H,21,26)/t11-,14+,16-/m0/s1. The molecule has 0 radical (unpaired) electrons. The number of hydrogen-bond donors (Lipinski definition) is 2. The Balaban J connectivity index is 1.69. The Morgan fingerprint density at radius 1 is 1.42 bits per heavy atom. The minimum Gasteiger partial charge on any atom is -0.391 e. The van der Waals surface area contributed by atoms with E-state index in [1.54, 1.807) is 19.2 Å². The highest BCUT2D eigenvalue weighted by Gasteiger charge is 2.35. The van der Waals surface area contributed by atoms with Crippen molar-refractivity contribution in [1.82, 2.24) is 20.0 Å². The Labute approximate surface area is 150 Å². The lowest BCUT2D eigenvalue weighted by atomic mass is 10.0. The van der Waals surface area contributed by atoms with Crippen LogP contribution in [0.2, 0.25) is 0 Å². The number of rotatable bonds is 5. The molecule has 1 saturated heterocycles. The van der Waals surface area contributed by atoms with E-state index in [1.807, 2.05) is 19.1 Å². The number of aromatic nitrogens is 2. The summed E-state index contributed by atoms with van der Waals surface area (Å²) in [7, 11) is 1.67. The van der Waals surface area contributed by atoms with Gasteiger partial charge in [-0.3, -0.25) is 14.3 Å². The van der Waals surface area contributed by atoms with Gasteiger partial charge in [0.2, 0.25) is 12.3 Å². The maximum absolute atomic E-state index is 13.8. The van der Waals surface area contributed by atoms with Crippen LogP contribution in [0.5, 0.6) is 0 Å². The van der Waals surface area contributed by atoms with Crippen molar-refractivity contribution in [3.63, 3.8) is 0 Å². The quantitative estimate of drug-likeness (QED) is 0.779. The van der Waals surface area contributed by atoms with Crippen molar-refractivity contribution in [3.8, 4) is 11.3 Å². The van der Waals surface area contributed by atoms with Gasteiger partial charge in [0.05, 0.1) is 18.3 Å². The summed E-state index contributed by atoms with van der Waals surface area (Å²) in [5.74, 6) is -0.696. The van der Waals surface area contributed by atoms with Crippen LogP contribution in [0.4, 0.5) is 4.39 Å². The molecule has 1 aromatic carbocycles. The lowest BCUT2D eigenvalue weighted by Crippen LogP contribution is -2.43. The molecule has 7 nitrogen and oxygen atoms in total. The fourth-order valence-electron chi connectivity index (χ4n) is 3.27. The molecule has 0 spiro atoms. The molecule has 0 saturated carbocycles. The first kappa shape index (κ1) is 18.1. The summed E-state index contributed by atoms with van der Waals surface area (Å²) >= 11 is 0. The molecule has 8 heteroatoms. The van der Waals surface area contributed by atoms with Gasteiger partial charge in [-0.25, -0.2) is 4.39 Å². The maximum Gasteiger partial charge on any atom is 0.243 e. The minimum atomic E-state index is -0.681. The number of halogens is 1. The highest BCUT2D eigenvalue weighted by Crippen LogP contribution is 2.24. The van der Waals surface area contributed by atoms with Gasteiger partial charge in [-0.05, 0) is 12.5 Å². The van der Waals surface area contributed by atoms with Crippen molar-refractivity contribution in [3.05, 3.63) is 41.8 Å². The van der Waals surface area contributed by atoms with Gasteiger partial charge in [0.25, 0.3) is 0 Å². The summed E-state index contributed by atoms with van der Waals surface area (Å²) in [5.41, 5.74) is 1.94. The van der Waals surface area contributed by atoms with Gasteiger partial charge < -0.3 is 15.3 Å². The average Bonchev–Trinajstić information content (AvgIpc) is 3.17. The fourth-order valence-corrected chi connectivity index (χ4v) is 3.27. The SMILES string of the molecule is C[C@H](NC(=O)[C@@H]1C[C@@H](O)CN1C=O)c1ccc(-c2c(F)cnn2C)cc1. The average molecular weight is 360 g/mol. The third-order valence-corrected chi connectivity index (χ3v) is 4.69. The van der Waals surface area contributed by atoms with Crippen LogP contribution in [0.25, 0.3) is 11.3 Å². The topological polar surface area (TPSA) is 87.5 Å². The van der Waals surface area contributed by atoms with Gasteiger partial charge in [-0.2, -0.15) is 5.10 Å². The lowest BCUT2D eigenvalue weighted by molar-refractivity contribution is -0.131. The van der Waals surface area contributed by atoms with Crippen LogP contribution in [0.1, 0.15) is 24.9 Å². The van der Waals surface area contributed by atoms with Gasteiger partial charge in [0.1, 0.15) is 11.7 Å². The van der Waals surface area contributed by atoms with Crippen molar-refractivity contribution in [2.24, 2.45) is 7.05 Å². The maximum atomic E-state index is 13.8. The molecule has 2 aromatic rings. The normalized spacial score (nSPS) is 20.8. The van der Waals surface area contributed by atoms with E-state index in [9.17, 15) is 19.1 Å². The summed E-state index contributed by atoms with van der Waals surface area (Å²) < 4.78 is 15.3. The highest BCUT2D eigenvalue weighted by atomic mass is 19.1. The van der Waals surface area contributed by atoms with E-state index in [4.69, 9.17) is 0 Å². The Bertz CT molecular complexity index is 786. The monoisotopic (exact) mass is 360 g/mol. The van der Waals surface area contributed by atoms with Crippen molar-refractivity contribution < 1.29 is 19.1 Å². The molecule has 2 N–H and O–H groups in total. The first-order valence-electron chi connectivity index (χ1n) is 8.38. The van der Waals surface area contributed by atoms with Gasteiger partial charge in [0, 0.05) is 25.6 Å². The summed E-state index contributed by atoms with van der Waals surface area (Å²) in [6.45, 7) is 2.00. The molecule has 1 aliphatic heterocycles. The van der Waals surface area contributed by atoms with Gasteiger partial charge >= 0.3 is 0 Å². The molecular weight excluding hydrogens is 339 g/mol. The van der Waals surface area contributed by atoms with Crippen molar-refractivity contribution in [1.29, 1.82) is 0 Å². The molecule has 138 valence electrons. The minimum absolute atomic E-state index is 0.168. The number of nitrogens with one attached hydrogen (secondary N) is 1. The van der Waals surface area contributed by atoms with Gasteiger partial charge in [0.15, 0.2) is 5.82 Å². The van der Waals surface area contributed by atoms with Crippen molar-refractivity contribution >= 4 is 12.3 Å². The van der Waals surface area contributed by atoms with Gasteiger partial charge in [-0.1, -0.05) is 24.3 Å². The molecule has 2 amide bonds. The third kappa shape index (κ3) is 3.45. The lowest BCUT2D eigenvalue weighted by Gasteiger charge is -2.22. The summed E-state index contributed by atoms with van der Waals surface area (Å²) in [6, 6.07) is 6.22. The Morgan fingerprint density at radius 3 is 2.69 bits per heavy atom. The Morgan fingerprint density at radius 2 is 2.12 bits per heavy atom. The van der Waals surface area contributed by atoms with E-state index in [1.165, 1.54) is 15.8 Å². The molecule has 1 aliphatic rings. The summed E-state index contributed by atoms with van der Waals surface area (Å²) in [6.07, 6.45) is 1.30. The number of carbonyl (C=O) groups is 2. The molecule has 3 atom stereocenters. The number of likely N-dealkylation sites (tertiary alicyclic amines) is 1. The molecule has 2 heterocycles. The second-order valence-corrected chi connectivity index (χ2v) is 6.52. The zero-order chi connectivity index (χ0) is 18.8.